The molecule has 0 bridgehead atoms. The Labute approximate surface area is 70.1 Å². The van der Waals surface area contributed by atoms with Crippen molar-refractivity contribution in [2.24, 2.45) is 17.3 Å². The van der Waals surface area contributed by atoms with E-state index >= 15 is 0 Å². The Balaban J connectivity index is 2.16. The summed E-state index contributed by atoms with van der Waals surface area (Å²) in [5.74, 6) is 0.818. The van der Waals surface area contributed by atoms with Crippen LogP contribution in [-0.4, -0.2) is 6.18 Å². The SMILES string of the molecule is CCC1(C(F)(F)F)CC2CC2C1. The molecule has 3 heteroatoms. The highest BCUT2D eigenvalue weighted by atomic mass is 19.4. The van der Waals surface area contributed by atoms with Gasteiger partial charge in [-0.1, -0.05) is 6.92 Å². The predicted octanol–water partition coefficient (Wildman–Crippen LogP) is 3.38. The van der Waals surface area contributed by atoms with Crippen LogP contribution in [0.15, 0.2) is 0 Å². The summed E-state index contributed by atoms with van der Waals surface area (Å²) in [4.78, 5) is 0. The lowest BCUT2D eigenvalue weighted by molar-refractivity contribution is -0.226. The van der Waals surface area contributed by atoms with Crippen molar-refractivity contribution < 1.29 is 13.2 Å². The monoisotopic (exact) mass is 178 g/mol. The van der Waals surface area contributed by atoms with Crippen LogP contribution in [0.3, 0.4) is 0 Å². The number of alkyl halides is 3. The van der Waals surface area contributed by atoms with E-state index in [1.54, 1.807) is 6.92 Å². The third-order valence-corrected chi connectivity index (χ3v) is 3.65. The fourth-order valence-corrected chi connectivity index (χ4v) is 2.62. The zero-order chi connectivity index (χ0) is 8.98. The van der Waals surface area contributed by atoms with Crippen molar-refractivity contribution in [3.63, 3.8) is 0 Å². The normalized spacial score (nSPS) is 46.0. The van der Waals surface area contributed by atoms with Crippen molar-refractivity contribution in [2.75, 3.05) is 0 Å². The molecule has 0 saturated heterocycles. The smallest absolute Gasteiger partial charge is 0.171 e. The van der Waals surface area contributed by atoms with E-state index in [4.69, 9.17) is 0 Å². The van der Waals surface area contributed by atoms with Crippen LogP contribution in [0.5, 0.6) is 0 Å². The Hall–Kier alpha value is -0.210. The maximum Gasteiger partial charge on any atom is 0.394 e. The molecule has 2 rings (SSSR count). The van der Waals surface area contributed by atoms with Gasteiger partial charge in [0.05, 0.1) is 5.41 Å². The highest BCUT2D eigenvalue weighted by molar-refractivity contribution is 5.05. The third kappa shape index (κ3) is 0.979. The van der Waals surface area contributed by atoms with Gasteiger partial charge in [0.2, 0.25) is 0 Å². The summed E-state index contributed by atoms with van der Waals surface area (Å²) in [7, 11) is 0. The average Bonchev–Trinajstić information content (AvgIpc) is 2.57. The molecule has 0 aromatic carbocycles. The van der Waals surface area contributed by atoms with Crippen LogP contribution in [0.1, 0.15) is 32.6 Å². The molecule has 0 N–H and O–H groups in total. The lowest BCUT2D eigenvalue weighted by Gasteiger charge is -2.31. The van der Waals surface area contributed by atoms with Crippen LogP contribution in [-0.2, 0) is 0 Å². The Bertz CT molecular complexity index is 184. The van der Waals surface area contributed by atoms with E-state index in [2.05, 4.69) is 0 Å². The van der Waals surface area contributed by atoms with E-state index in [1.807, 2.05) is 0 Å². The summed E-state index contributed by atoms with van der Waals surface area (Å²) in [5, 5.41) is 0. The first-order valence-electron chi connectivity index (χ1n) is 4.55. The van der Waals surface area contributed by atoms with Crippen LogP contribution in [0.25, 0.3) is 0 Å². The zero-order valence-corrected chi connectivity index (χ0v) is 7.12. The Kier molecular flexibility index (Phi) is 1.52. The molecular formula is C9H13F3. The quantitative estimate of drug-likeness (QED) is 0.577. The number of hydrogen-bond acceptors (Lipinski definition) is 0. The van der Waals surface area contributed by atoms with Crippen LogP contribution in [0.4, 0.5) is 13.2 Å². The molecule has 0 heterocycles. The second kappa shape index (κ2) is 2.18. The van der Waals surface area contributed by atoms with Crippen molar-refractivity contribution in [3.8, 4) is 0 Å². The molecule has 0 nitrogen and oxygen atoms in total. The maximum atomic E-state index is 12.6. The molecule has 0 aliphatic heterocycles. The maximum absolute atomic E-state index is 12.6. The molecule has 2 aliphatic carbocycles. The summed E-state index contributed by atoms with van der Waals surface area (Å²) < 4.78 is 37.8. The molecule has 2 fully saturated rings. The standard InChI is InChI=1S/C9H13F3/c1-2-8(9(10,11)12)4-6-3-7(6)5-8/h6-7H,2-5H2,1H3. The highest BCUT2D eigenvalue weighted by Gasteiger charge is 2.64. The van der Waals surface area contributed by atoms with Crippen molar-refractivity contribution in [3.05, 3.63) is 0 Å². The Morgan fingerprint density at radius 3 is 2.00 bits per heavy atom. The van der Waals surface area contributed by atoms with Gasteiger partial charge in [0.25, 0.3) is 0 Å². The average molecular weight is 178 g/mol. The first-order valence-corrected chi connectivity index (χ1v) is 4.55. The molecule has 0 aromatic rings. The first-order chi connectivity index (χ1) is 5.48. The number of fused-ring (bicyclic) bond motifs is 1. The molecule has 70 valence electrons. The van der Waals surface area contributed by atoms with E-state index in [9.17, 15) is 13.2 Å². The fourth-order valence-electron chi connectivity index (χ4n) is 2.62. The van der Waals surface area contributed by atoms with E-state index in [0.717, 1.165) is 6.42 Å². The third-order valence-electron chi connectivity index (χ3n) is 3.65. The number of rotatable bonds is 1. The van der Waals surface area contributed by atoms with Gasteiger partial charge in [0, 0.05) is 0 Å². The molecule has 0 amide bonds. The van der Waals surface area contributed by atoms with Gasteiger partial charge in [-0.3, -0.25) is 0 Å². The van der Waals surface area contributed by atoms with Crippen molar-refractivity contribution in [2.45, 2.75) is 38.8 Å². The van der Waals surface area contributed by atoms with Crippen LogP contribution in [0.2, 0.25) is 0 Å². The fraction of sp³-hybridized carbons (Fsp3) is 1.00. The van der Waals surface area contributed by atoms with Gasteiger partial charge in [-0.25, -0.2) is 0 Å². The molecule has 0 radical (unpaired) electrons. The number of halogens is 3. The summed E-state index contributed by atoms with van der Waals surface area (Å²) >= 11 is 0. The van der Waals surface area contributed by atoms with Gasteiger partial charge in [-0.05, 0) is 37.5 Å². The van der Waals surface area contributed by atoms with E-state index in [1.165, 1.54) is 0 Å². The molecular weight excluding hydrogens is 165 g/mol. The van der Waals surface area contributed by atoms with Crippen LogP contribution < -0.4 is 0 Å². The summed E-state index contributed by atoms with van der Waals surface area (Å²) in [6.45, 7) is 1.66. The summed E-state index contributed by atoms with van der Waals surface area (Å²) in [5.41, 5.74) is -1.30. The zero-order valence-electron chi connectivity index (χ0n) is 7.12. The van der Waals surface area contributed by atoms with Gasteiger partial charge in [0.15, 0.2) is 0 Å². The minimum atomic E-state index is -3.96. The second-order valence-corrected chi connectivity index (χ2v) is 4.30. The Morgan fingerprint density at radius 1 is 1.25 bits per heavy atom. The molecule has 2 unspecified atom stereocenters. The topological polar surface area (TPSA) is 0 Å². The van der Waals surface area contributed by atoms with Crippen molar-refractivity contribution in [1.29, 1.82) is 0 Å². The lowest BCUT2D eigenvalue weighted by atomic mass is 9.80. The molecule has 2 saturated carbocycles. The van der Waals surface area contributed by atoms with Crippen LogP contribution >= 0.6 is 0 Å². The van der Waals surface area contributed by atoms with Gasteiger partial charge in [-0.2, -0.15) is 13.2 Å². The van der Waals surface area contributed by atoms with Crippen LogP contribution in [0, 0.1) is 17.3 Å². The first kappa shape index (κ1) is 8.39. The van der Waals surface area contributed by atoms with E-state index < -0.39 is 11.6 Å². The molecule has 0 spiro atoms. The van der Waals surface area contributed by atoms with E-state index in [0.29, 0.717) is 24.7 Å². The lowest BCUT2D eigenvalue weighted by Crippen LogP contribution is -2.36. The minimum absolute atomic E-state index is 0.267. The predicted molar refractivity (Wildman–Crippen MR) is 39.6 cm³/mol. The number of hydrogen-bond donors (Lipinski definition) is 0. The second-order valence-electron chi connectivity index (χ2n) is 4.30. The Morgan fingerprint density at radius 2 is 1.75 bits per heavy atom. The van der Waals surface area contributed by atoms with Gasteiger partial charge in [0.1, 0.15) is 0 Å². The molecule has 12 heavy (non-hydrogen) atoms. The van der Waals surface area contributed by atoms with Gasteiger partial charge in [-0.15, -0.1) is 0 Å². The summed E-state index contributed by atoms with van der Waals surface area (Å²) in [6.07, 6.45) is -1.84. The van der Waals surface area contributed by atoms with Crippen molar-refractivity contribution >= 4 is 0 Å². The van der Waals surface area contributed by atoms with Gasteiger partial charge < -0.3 is 0 Å². The molecule has 2 atom stereocenters. The largest absolute Gasteiger partial charge is 0.394 e. The minimum Gasteiger partial charge on any atom is -0.171 e. The highest BCUT2D eigenvalue weighted by Crippen LogP contribution is 2.65. The van der Waals surface area contributed by atoms with Crippen molar-refractivity contribution in [1.82, 2.24) is 0 Å². The van der Waals surface area contributed by atoms with E-state index in [-0.39, 0.29) is 6.42 Å². The molecule has 2 aliphatic rings. The molecule has 0 aromatic heterocycles. The summed E-state index contributed by atoms with van der Waals surface area (Å²) in [6, 6.07) is 0. The van der Waals surface area contributed by atoms with Gasteiger partial charge >= 0.3 is 6.18 Å².